The number of hydrogen-bond acceptors (Lipinski definition) is 6. The van der Waals surface area contributed by atoms with Gasteiger partial charge in [0.15, 0.2) is 0 Å². The number of carbonyl (C=O) groups excluding carboxylic acids is 2. The van der Waals surface area contributed by atoms with Crippen LogP contribution >= 0.6 is 25.3 Å². The number of carbonyl (C=O) groups is 2. The summed E-state index contributed by atoms with van der Waals surface area (Å²) in [4.78, 5) is 20.0. The van der Waals surface area contributed by atoms with Crippen molar-refractivity contribution < 1.29 is 61.8 Å². The molecule has 0 radical (unpaired) electrons. The smallest absolute Gasteiger partial charge is 1.00 e. The zero-order valence-corrected chi connectivity index (χ0v) is 20.1. The molecule has 0 aromatic heterocycles. The van der Waals surface area contributed by atoms with Crippen molar-refractivity contribution in [1.82, 2.24) is 0 Å². The number of anilines is 2. The molecule has 1 aromatic rings. The summed E-state index contributed by atoms with van der Waals surface area (Å²) in [5.74, 6) is -1.77. The van der Waals surface area contributed by atoms with E-state index in [1.54, 1.807) is 0 Å². The number of amides is 2. The second-order valence-corrected chi connectivity index (χ2v) is 9.72. The first kappa shape index (κ1) is 28.7. The molecule has 0 unspecified atom stereocenters. The third-order valence-electron chi connectivity index (χ3n) is 2.64. The molecule has 0 aliphatic rings. The molecule has 150 valence electrons. The van der Waals surface area contributed by atoms with E-state index in [4.69, 9.17) is 4.79 Å². The van der Waals surface area contributed by atoms with Crippen LogP contribution in [-0.2, 0) is 20.0 Å². The molecule has 1 aromatic carbocycles. The Hall–Kier alpha value is -0.510. The van der Waals surface area contributed by atoms with Gasteiger partial charge in [0, 0.05) is 0 Å². The maximum atomic E-state index is 13.6. The van der Waals surface area contributed by atoms with Crippen molar-refractivity contribution in [3.8, 4) is 0 Å². The Kier molecular flexibility index (Phi) is 12.9. The Balaban J connectivity index is -0.000000948. The first-order valence-corrected chi connectivity index (χ1v) is 10.9. The van der Waals surface area contributed by atoms with Crippen LogP contribution in [0.25, 0.3) is 0 Å². The monoisotopic (exact) mass is 471 g/mol. The predicted molar refractivity (Wildman–Crippen MR) is 105 cm³/mol. The van der Waals surface area contributed by atoms with Crippen molar-refractivity contribution in [3.63, 3.8) is 0 Å². The first-order chi connectivity index (χ1) is 11.8. The zero-order chi connectivity index (χ0) is 20.7. The van der Waals surface area contributed by atoms with Crippen LogP contribution in [0, 0.1) is 5.82 Å². The normalized spacial score (nSPS) is 10.7. The van der Waals surface area contributed by atoms with Crippen molar-refractivity contribution in [2.75, 3.05) is 20.5 Å². The largest absolute Gasteiger partial charge is 1.00 e. The molecule has 0 bridgehead atoms. The maximum Gasteiger partial charge on any atom is 1.00 e. The number of thiol groups is 2. The van der Waals surface area contributed by atoms with Gasteiger partial charge < -0.3 is 12.5 Å². The number of nitrogens with zero attached hydrogens (tertiary/aromatic N) is 1. The van der Waals surface area contributed by atoms with E-state index in [1.165, 1.54) is 13.8 Å². The molecule has 0 aliphatic carbocycles. The van der Waals surface area contributed by atoms with Crippen LogP contribution in [0.1, 0.15) is 15.3 Å². The molecule has 0 atom stereocenters. The summed E-state index contributed by atoms with van der Waals surface area (Å²) >= 11 is 6.53. The topological polar surface area (TPSA) is 144 Å². The second-order valence-electron chi connectivity index (χ2n) is 4.43. The fourth-order valence-corrected chi connectivity index (χ4v) is 5.04. The Morgan fingerprint density at radius 3 is 1.89 bits per heavy atom. The van der Waals surface area contributed by atoms with Crippen molar-refractivity contribution in [2.24, 2.45) is 5.73 Å². The number of nitrogens with one attached hydrogen (secondary N) is 1. The van der Waals surface area contributed by atoms with Crippen molar-refractivity contribution in [1.29, 1.82) is 0 Å². The Labute approximate surface area is 191 Å². The zero-order valence-electron chi connectivity index (χ0n) is 15.7. The molecule has 0 fully saturated rings. The quantitative estimate of drug-likeness (QED) is 0.306. The predicted octanol–water partition coefficient (Wildman–Crippen LogP) is -1.10. The minimum atomic E-state index is -4.15. The third kappa shape index (κ3) is 9.49. The molecule has 15 heteroatoms. The second kappa shape index (κ2) is 12.1. The van der Waals surface area contributed by atoms with E-state index in [0.717, 1.165) is 18.2 Å². The van der Waals surface area contributed by atoms with Gasteiger partial charge in [-0.1, -0.05) is 25.3 Å². The van der Waals surface area contributed by atoms with Crippen LogP contribution < -0.4 is 44.3 Å². The summed E-state index contributed by atoms with van der Waals surface area (Å²) in [5.41, 5.74) is 3.67. The molecule has 0 saturated carbocycles. The summed E-state index contributed by atoms with van der Waals surface area (Å²) in [6.45, 7) is 2.57. The minimum absolute atomic E-state index is 0. The van der Waals surface area contributed by atoms with E-state index in [1.807, 2.05) is 5.32 Å². The third-order valence-corrected chi connectivity index (χ3v) is 7.00. The van der Waals surface area contributed by atoms with E-state index < -0.39 is 47.8 Å². The number of halogens is 1. The van der Waals surface area contributed by atoms with Crippen molar-refractivity contribution >= 4 is 67.2 Å². The SMILES string of the molecule is CCS(=O)(=O)N(c1ccc(F)c(NC(=O)S)c1)S(=O)(=O)CC.NC(=O)S.[H-].[Na+]. The molecule has 2 amide bonds. The van der Waals surface area contributed by atoms with E-state index in [2.05, 4.69) is 31.0 Å². The Morgan fingerprint density at radius 1 is 1.15 bits per heavy atom. The van der Waals surface area contributed by atoms with Gasteiger partial charge in [-0.05, 0) is 32.0 Å². The fourth-order valence-electron chi connectivity index (χ4n) is 1.57. The van der Waals surface area contributed by atoms with Crippen LogP contribution in [-0.4, -0.2) is 38.8 Å². The van der Waals surface area contributed by atoms with Crippen LogP contribution in [0.15, 0.2) is 18.2 Å². The molecule has 0 saturated heterocycles. The van der Waals surface area contributed by atoms with Gasteiger partial charge in [-0.2, -0.15) is 3.71 Å². The van der Waals surface area contributed by atoms with Crippen LogP contribution in [0.2, 0.25) is 0 Å². The first-order valence-electron chi connectivity index (χ1n) is 6.82. The fraction of sp³-hybridized carbons (Fsp3) is 0.333. The van der Waals surface area contributed by atoms with E-state index in [0.29, 0.717) is 0 Å². The average molecular weight is 472 g/mol. The van der Waals surface area contributed by atoms with Crippen LogP contribution in [0.3, 0.4) is 0 Å². The van der Waals surface area contributed by atoms with E-state index >= 15 is 0 Å². The number of benzene rings is 1. The Bertz CT molecular complexity index is 847. The molecule has 1 rings (SSSR count). The number of nitrogens with two attached hydrogens (primary N) is 1. The van der Waals surface area contributed by atoms with Gasteiger partial charge in [0.25, 0.3) is 10.5 Å². The molecule has 27 heavy (non-hydrogen) atoms. The minimum Gasteiger partial charge on any atom is -1.00 e. The molecule has 0 aliphatic heterocycles. The van der Waals surface area contributed by atoms with Gasteiger partial charge in [-0.25, -0.2) is 21.2 Å². The summed E-state index contributed by atoms with van der Waals surface area (Å²) < 4.78 is 62.1. The van der Waals surface area contributed by atoms with Crippen LogP contribution in [0.5, 0.6) is 0 Å². The summed E-state index contributed by atoms with van der Waals surface area (Å²) in [6, 6.07) is 2.78. The van der Waals surface area contributed by atoms with E-state index in [-0.39, 0.29) is 46.1 Å². The number of sulfonamides is 2. The maximum absolute atomic E-state index is 13.6. The van der Waals surface area contributed by atoms with Crippen molar-refractivity contribution in [2.45, 2.75) is 13.8 Å². The van der Waals surface area contributed by atoms with Crippen molar-refractivity contribution in [3.05, 3.63) is 24.0 Å². The number of hydrogen-bond donors (Lipinski definition) is 4. The van der Waals surface area contributed by atoms with Gasteiger partial charge in [0.1, 0.15) is 5.82 Å². The standard InChI is InChI=1S/C11H15FN2O5S3.CH3NOS.Na.H/c1-3-21(16,17)14(22(18,19)4-2)8-5-6-9(12)10(7-8)13-11(15)20;2-1(3)4;;/h5-7H,3-4H2,1-2H3,(H2,13,15,20);(H3,2,3,4);;/q;;+1;-1. The molecular weight excluding hydrogens is 452 g/mol. The average Bonchev–Trinajstić information content (AvgIpc) is 2.49. The van der Waals surface area contributed by atoms with Gasteiger partial charge in [-0.15, -0.1) is 0 Å². The van der Waals surface area contributed by atoms with Crippen LogP contribution in [0.4, 0.5) is 25.4 Å². The molecular formula is C12H19FN3NaO6S4. The molecule has 0 spiro atoms. The van der Waals surface area contributed by atoms with Gasteiger partial charge >= 0.3 is 29.6 Å². The Morgan fingerprint density at radius 2 is 1.56 bits per heavy atom. The van der Waals surface area contributed by atoms with Gasteiger partial charge in [-0.3, -0.25) is 9.59 Å². The number of primary amides is 1. The summed E-state index contributed by atoms with van der Waals surface area (Å²) in [6.07, 6.45) is 0. The summed E-state index contributed by atoms with van der Waals surface area (Å²) in [5, 5.41) is 0.527. The molecule has 9 nitrogen and oxygen atoms in total. The van der Waals surface area contributed by atoms with Gasteiger partial charge in [0.05, 0.1) is 22.9 Å². The van der Waals surface area contributed by atoms with Gasteiger partial charge in [0.2, 0.25) is 20.0 Å². The van der Waals surface area contributed by atoms with E-state index in [9.17, 15) is 26.0 Å². The number of rotatable bonds is 6. The molecule has 0 heterocycles. The summed E-state index contributed by atoms with van der Waals surface area (Å²) in [7, 11) is -8.30. The molecule has 3 N–H and O–H groups in total.